The number of carbonyl (C=O) groups is 2. The smallest absolute Gasteiger partial charge is 0.292 e. The molecule has 3 heterocycles. The normalized spacial score (nSPS) is 14.7. The van der Waals surface area contributed by atoms with Crippen LogP contribution in [-0.2, 0) is 0 Å². The van der Waals surface area contributed by atoms with Crippen molar-refractivity contribution >= 4 is 34.6 Å². The molecule has 2 aromatic heterocycles. The minimum absolute atomic E-state index is 0.115. The number of benzene rings is 1. The Balaban J connectivity index is 1.66. The summed E-state index contributed by atoms with van der Waals surface area (Å²) in [5.74, 6) is -0.307. The summed E-state index contributed by atoms with van der Waals surface area (Å²) in [5.41, 5.74) is 1.57. The SMILES string of the molecule is O=C(Nc1ccc(Cl)cc1)c1nc(C(=O)N2CCCCCC2)c2ccccn12. The zero-order chi connectivity index (χ0) is 19.5. The van der Waals surface area contributed by atoms with Crippen LogP contribution in [0.4, 0.5) is 5.69 Å². The van der Waals surface area contributed by atoms with E-state index in [9.17, 15) is 9.59 Å². The fraction of sp³-hybridized carbons (Fsp3) is 0.286. The van der Waals surface area contributed by atoms with Gasteiger partial charge in [0, 0.05) is 30.0 Å². The van der Waals surface area contributed by atoms with Gasteiger partial charge in [0.25, 0.3) is 11.8 Å². The van der Waals surface area contributed by atoms with Gasteiger partial charge in [0.1, 0.15) is 0 Å². The van der Waals surface area contributed by atoms with Gasteiger partial charge in [-0.2, -0.15) is 0 Å². The summed E-state index contributed by atoms with van der Waals surface area (Å²) in [4.78, 5) is 32.2. The minimum atomic E-state index is -0.376. The first-order chi connectivity index (χ1) is 13.6. The van der Waals surface area contributed by atoms with Gasteiger partial charge in [0.15, 0.2) is 5.69 Å². The van der Waals surface area contributed by atoms with Gasteiger partial charge in [-0.15, -0.1) is 0 Å². The van der Waals surface area contributed by atoms with E-state index in [0.717, 1.165) is 38.8 Å². The molecule has 7 heteroatoms. The Morgan fingerprint density at radius 1 is 0.964 bits per heavy atom. The molecule has 3 aromatic rings. The number of rotatable bonds is 3. The zero-order valence-electron chi connectivity index (χ0n) is 15.4. The Morgan fingerprint density at radius 3 is 2.39 bits per heavy atom. The first kappa shape index (κ1) is 18.5. The Hall–Kier alpha value is -2.86. The van der Waals surface area contributed by atoms with Crippen molar-refractivity contribution in [2.75, 3.05) is 18.4 Å². The van der Waals surface area contributed by atoms with Gasteiger partial charge in [-0.25, -0.2) is 4.98 Å². The molecule has 0 atom stereocenters. The molecular formula is C21H21ClN4O2. The van der Waals surface area contributed by atoms with Crippen molar-refractivity contribution < 1.29 is 9.59 Å². The maximum atomic E-state index is 13.1. The number of hydrogen-bond donors (Lipinski definition) is 1. The Morgan fingerprint density at radius 2 is 1.68 bits per heavy atom. The summed E-state index contributed by atoms with van der Waals surface area (Å²) >= 11 is 5.90. The van der Waals surface area contributed by atoms with Crippen molar-refractivity contribution in [1.29, 1.82) is 0 Å². The third-order valence-corrected chi connectivity index (χ3v) is 5.20. The van der Waals surface area contributed by atoms with E-state index in [4.69, 9.17) is 11.6 Å². The van der Waals surface area contributed by atoms with Gasteiger partial charge in [-0.3, -0.25) is 14.0 Å². The van der Waals surface area contributed by atoms with E-state index < -0.39 is 0 Å². The average molecular weight is 397 g/mol. The van der Waals surface area contributed by atoms with Gasteiger partial charge in [0.05, 0.1) is 5.52 Å². The van der Waals surface area contributed by atoms with E-state index in [1.54, 1.807) is 34.9 Å². The number of carbonyl (C=O) groups excluding carboxylic acids is 2. The largest absolute Gasteiger partial charge is 0.337 e. The quantitative estimate of drug-likeness (QED) is 0.719. The number of fused-ring (bicyclic) bond motifs is 1. The monoisotopic (exact) mass is 396 g/mol. The average Bonchev–Trinajstić information content (AvgIpc) is 2.89. The lowest BCUT2D eigenvalue weighted by atomic mass is 10.2. The zero-order valence-corrected chi connectivity index (χ0v) is 16.2. The summed E-state index contributed by atoms with van der Waals surface area (Å²) < 4.78 is 1.66. The number of pyridine rings is 1. The van der Waals surface area contributed by atoms with Crippen molar-refractivity contribution in [1.82, 2.24) is 14.3 Å². The lowest BCUT2D eigenvalue weighted by Gasteiger charge is -2.19. The predicted molar refractivity (Wildman–Crippen MR) is 109 cm³/mol. The van der Waals surface area contributed by atoms with Crippen LogP contribution in [-0.4, -0.2) is 39.2 Å². The summed E-state index contributed by atoms with van der Waals surface area (Å²) in [6, 6.07) is 12.3. The van der Waals surface area contributed by atoms with Crippen LogP contribution >= 0.6 is 11.6 Å². The van der Waals surface area contributed by atoms with Gasteiger partial charge in [-0.05, 0) is 49.2 Å². The highest BCUT2D eigenvalue weighted by Crippen LogP contribution is 2.20. The Kier molecular flexibility index (Phi) is 5.30. The molecule has 1 saturated heterocycles. The third-order valence-electron chi connectivity index (χ3n) is 4.95. The summed E-state index contributed by atoms with van der Waals surface area (Å²) in [6.45, 7) is 1.47. The van der Waals surface area contributed by atoms with Crippen molar-refractivity contribution in [2.24, 2.45) is 0 Å². The van der Waals surface area contributed by atoms with Crippen LogP contribution in [0, 0.1) is 0 Å². The highest BCUT2D eigenvalue weighted by atomic mass is 35.5. The van der Waals surface area contributed by atoms with Crippen LogP contribution in [0.3, 0.4) is 0 Å². The fourth-order valence-corrected chi connectivity index (χ4v) is 3.63. The topological polar surface area (TPSA) is 66.7 Å². The molecule has 1 aliphatic heterocycles. The van der Waals surface area contributed by atoms with Crippen molar-refractivity contribution in [3.8, 4) is 0 Å². The molecular weight excluding hydrogens is 376 g/mol. The summed E-state index contributed by atoms with van der Waals surface area (Å²) in [5, 5.41) is 3.41. The number of amides is 2. The van der Waals surface area contributed by atoms with Crippen LogP contribution in [0.15, 0.2) is 48.7 Å². The number of aromatic nitrogens is 2. The van der Waals surface area contributed by atoms with Gasteiger partial charge < -0.3 is 10.2 Å². The first-order valence-corrected chi connectivity index (χ1v) is 9.84. The van der Waals surface area contributed by atoms with Crippen molar-refractivity contribution in [3.63, 3.8) is 0 Å². The number of halogens is 1. The number of hydrogen-bond acceptors (Lipinski definition) is 3. The molecule has 6 nitrogen and oxygen atoms in total. The molecule has 28 heavy (non-hydrogen) atoms. The molecule has 1 aromatic carbocycles. The lowest BCUT2D eigenvalue weighted by Crippen LogP contribution is -2.32. The number of likely N-dealkylation sites (tertiary alicyclic amines) is 1. The summed E-state index contributed by atoms with van der Waals surface area (Å²) in [6.07, 6.45) is 6.03. The van der Waals surface area contributed by atoms with Gasteiger partial charge >= 0.3 is 0 Å². The molecule has 1 N–H and O–H groups in total. The van der Waals surface area contributed by atoms with E-state index >= 15 is 0 Å². The van der Waals surface area contributed by atoms with Crippen LogP contribution in [0.1, 0.15) is 46.8 Å². The highest BCUT2D eigenvalue weighted by molar-refractivity contribution is 6.30. The van der Waals surface area contributed by atoms with Gasteiger partial charge in [-0.1, -0.05) is 30.5 Å². The molecule has 0 unspecified atom stereocenters. The lowest BCUT2D eigenvalue weighted by molar-refractivity contribution is 0.0758. The van der Waals surface area contributed by atoms with E-state index in [1.807, 2.05) is 23.1 Å². The molecule has 144 valence electrons. The second-order valence-corrected chi connectivity index (χ2v) is 7.34. The number of nitrogens with one attached hydrogen (secondary N) is 1. The fourth-order valence-electron chi connectivity index (χ4n) is 3.50. The standard InChI is InChI=1S/C21H21ClN4O2/c22-15-8-10-16(11-9-15)23-20(27)19-24-18(17-7-3-6-14-26(17)19)21(28)25-12-4-1-2-5-13-25/h3,6-11,14H,1-2,4-5,12-13H2,(H,23,27). The summed E-state index contributed by atoms with van der Waals surface area (Å²) in [7, 11) is 0. The third kappa shape index (κ3) is 3.73. The van der Waals surface area contributed by atoms with Crippen LogP contribution < -0.4 is 5.32 Å². The molecule has 0 radical (unpaired) electrons. The molecule has 1 fully saturated rings. The maximum Gasteiger partial charge on any atom is 0.292 e. The molecule has 1 aliphatic rings. The molecule has 0 aliphatic carbocycles. The van der Waals surface area contributed by atoms with Crippen LogP contribution in [0.2, 0.25) is 5.02 Å². The number of nitrogens with zero attached hydrogens (tertiary/aromatic N) is 3. The second-order valence-electron chi connectivity index (χ2n) is 6.91. The van der Waals surface area contributed by atoms with Crippen molar-refractivity contribution in [3.05, 3.63) is 65.2 Å². The predicted octanol–water partition coefficient (Wildman–Crippen LogP) is 4.26. The minimum Gasteiger partial charge on any atom is -0.337 e. The Labute approximate surface area is 168 Å². The highest BCUT2D eigenvalue weighted by Gasteiger charge is 2.25. The molecule has 0 saturated carbocycles. The first-order valence-electron chi connectivity index (χ1n) is 9.47. The van der Waals surface area contributed by atoms with Gasteiger partial charge in [0.2, 0.25) is 5.82 Å². The number of anilines is 1. The van der Waals surface area contributed by atoms with E-state index in [2.05, 4.69) is 10.3 Å². The molecule has 2 amide bonds. The van der Waals surface area contributed by atoms with Crippen LogP contribution in [0.25, 0.3) is 5.52 Å². The van der Waals surface area contributed by atoms with E-state index in [0.29, 0.717) is 21.9 Å². The van der Waals surface area contributed by atoms with E-state index in [-0.39, 0.29) is 17.6 Å². The second kappa shape index (κ2) is 8.02. The molecule has 0 spiro atoms. The maximum absolute atomic E-state index is 13.1. The molecule has 4 rings (SSSR count). The number of imidazole rings is 1. The van der Waals surface area contributed by atoms with Crippen molar-refractivity contribution in [2.45, 2.75) is 25.7 Å². The Bertz CT molecular complexity index is 1000. The van der Waals surface area contributed by atoms with E-state index in [1.165, 1.54) is 0 Å². The van der Waals surface area contributed by atoms with Crippen LogP contribution in [0.5, 0.6) is 0 Å². The molecule has 0 bridgehead atoms.